The topological polar surface area (TPSA) is 60.7 Å². The molecule has 0 aromatic heterocycles. The molecule has 0 unspecified atom stereocenters. The van der Waals surface area contributed by atoms with Gasteiger partial charge in [-0.05, 0) is 11.1 Å². The van der Waals surface area contributed by atoms with Crippen molar-refractivity contribution in [1.82, 2.24) is 0 Å². The van der Waals surface area contributed by atoms with E-state index in [1.54, 1.807) is 30.3 Å². The van der Waals surface area contributed by atoms with Gasteiger partial charge in [0.05, 0.1) is 0 Å². The van der Waals surface area contributed by atoms with Gasteiger partial charge in [0, 0.05) is 0 Å². The van der Waals surface area contributed by atoms with Crippen LogP contribution in [0, 0.1) is 0 Å². The largest absolute Gasteiger partial charge is 0.387 e. The number of hydrogen-bond donors (Lipinski definition) is 3. The Morgan fingerprint density at radius 3 is 1.90 bits per heavy atom. The van der Waals surface area contributed by atoms with Gasteiger partial charge in [-0.25, -0.2) is 0 Å². The summed E-state index contributed by atoms with van der Waals surface area (Å²) in [7, 11) is 0. The van der Waals surface area contributed by atoms with E-state index in [1.165, 1.54) is 6.08 Å². The Morgan fingerprint density at radius 1 is 0.750 bits per heavy atom. The summed E-state index contributed by atoms with van der Waals surface area (Å²) in [5.74, 6) is 0. The molecule has 0 fully saturated rings. The Bertz CT molecular complexity index is 537. The third-order valence-electron chi connectivity index (χ3n) is 3.10. The van der Waals surface area contributed by atoms with Gasteiger partial charge in [0.25, 0.3) is 0 Å². The first kappa shape index (κ1) is 14.5. The Hall–Kier alpha value is -1.94. The molecule has 0 heterocycles. The lowest BCUT2D eigenvalue weighted by Gasteiger charge is -2.21. The van der Waals surface area contributed by atoms with Crippen molar-refractivity contribution in [2.75, 3.05) is 0 Å². The van der Waals surface area contributed by atoms with Crippen molar-refractivity contribution in [3.05, 3.63) is 77.9 Å². The maximum absolute atomic E-state index is 10.0. The molecule has 3 nitrogen and oxygen atoms in total. The first-order valence-corrected chi connectivity index (χ1v) is 6.51. The van der Waals surface area contributed by atoms with Crippen molar-refractivity contribution in [2.45, 2.75) is 18.3 Å². The molecule has 3 atom stereocenters. The molecule has 0 aliphatic rings. The van der Waals surface area contributed by atoms with Crippen LogP contribution in [0.25, 0.3) is 6.08 Å². The smallest absolute Gasteiger partial charge is 0.113 e. The second-order valence-electron chi connectivity index (χ2n) is 4.61. The van der Waals surface area contributed by atoms with Crippen LogP contribution in [-0.2, 0) is 0 Å². The van der Waals surface area contributed by atoms with Crippen molar-refractivity contribution in [2.24, 2.45) is 0 Å². The minimum atomic E-state index is -1.27. The standard InChI is InChI=1S/C17H18O3/c18-15(12-11-13-7-3-1-4-8-13)17(20)16(19)14-9-5-2-6-10-14/h1-12,15-20H/b12-11+/t15-,16-,17-/m1/s1. The Labute approximate surface area is 118 Å². The molecule has 3 N–H and O–H groups in total. The SMILES string of the molecule is O[C@H]([C@H](O)/C=C/c1ccccc1)[C@H](O)c1ccccc1. The summed E-state index contributed by atoms with van der Waals surface area (Å²) in [6.07, 6.45) is -0.327. The Kier molecular flexibility index (Phi) is 5.07. The minimum absolute atomic E-state index is 0.576. The van der Waals surface area contributed by atoms with Gasteiger partial charge in [0.2, 0.25) is 0 Å². The Balaban J connectivity index is 2.02. The zero-order chi connectivity index (χ0) is 14.4. The van der Waals surface area contributed by atoms with Crippen molar-refractivity contribution < 1.29 is 15.3 Å². The maximum Gasteiger partial charge on any atom is 0.113 e. The van der Waals surface area contributed by atoms with E-state index >= 15 is 0 Å². The van der Waals surface area contributed by atoms with Gasteiger partial charge in [0.1, 0.15) is 18.3 Å². The van der Waals surface area contributed by atoms with Crippen LogP contribution >= 0.6 is 0 Å². The molecule has 0 saturated heterocycles. The zero-order valence-corrected chi connectivity index (χ0v) is 11.0. The highest BCUT2D eigenvalue weighted by atomic mass is 16.4. The molecular formula is C17H18O3. The number of rotatable bonds is 5. The summed E-state index contributed by atoms with van der Waals surface area (Å²) in [4.78, 5) is 0. The van der Waals surface area contributed by atoms with Gasteiger partial charge in [-0.3, -0.25) is 0 Å². The van der Waals surface area contributed by atoms with Gasteiger partial charge in [-0.15, -0.1) is 0 Å². The first-order chi connectivity index (χ1) is 9.68. The maximum atomic E-state index is 10.0. The predicted molar refractivity (Wildman–Crippen MR) is 78.9 cm³/mol. The molecule has 2 rings (SSSR count). The normalized spacial score (nSPS) is 15.9. The number of hydrogen-bond acceptors (Lipinski definition) is 3. The summed E-state index contributed by atoms with van der Waals surface area (Å²) in [6.45, 7) is 0. The predicted octanol–water partition coefficient (Wildman–Crippen LogP) is 2.16. The molecule has 0 aliphatic carbocycles. The summed E-state index contributed by atoms with van der Waals surface area (Å²) < 4.78 is 0. The molecule has 0 spiro atoms. The van der Waals surface area contributed by atoms with Gasteiger partial charge in [0.15, 0.2) is 0 Å². The second kappa shape index (κ2) is 7.01. The van der Waals surface area contributed by atoms with E-state index in [0.717, 1.165) is 5.56 Å². The summed E-state index contributed by atoms with van der Waals surface area (Å²) in [5, 5.41) is 29.9. The summed E-state index contributed by atoms with van der Waals surface area (Å²) in [5.41, 5.74) is 1.50. The molecule has 0 radical (unpaired) electrons. The lowest BCUT2D eigenvalue weighted by atomic mass is 10.00. The Morgan fingerprint density at radius 2 is 1.30 bits per heavy atom. The summed E-state index contributed by atoms with van der Waals surface area (Å²) in [6, 6.07) is 18.3. The monoisotopic (exact) mass is 270 g/mol. The number of aliphatic hydroxyl groups excluding tert-OH is 3. The highest BCUT2D eigenvalue weighted by Crippen LogP contribution is 2.19. The molecule has 104 valence electrons. The van der Waals surface area contributed by atoms with E-state index < -0.39 is 18.3 Å². The molecule has 3 heteroatoms. The third kappa shape index (κ3) is 3.78. The van der Waals surface area contributed by atoms with Crippen LogP contribution in [0.2, 0.25) is 0 Å². The van der Waals surface area contributed by atoms with Crippen molar-refractivity contribution >= 4 is 6.08 Å². The quantitative estimate of drug-likeness (QED) is 0.780. The van der Waals surface area contributed by atoms with Crippen LogP contribution in [-0.4, -0.2) is 27.5 Å². The van der Waals surface area contributed by atoms with Crippen LogP contribution in [0.4, 0.5) is 0 Å². The van der Waals surface area contributed by atoms with Crippen LogP contribution in [0.3, 0.4) is 0 Å². The highest BCUT2D eigenvalue weighted by molar-refractivity contribution is 5.49. The average Bonchev–Trinajstić information content (AvgIpc) is 2.53. The highest BCUT2D eigenvalue weighted by Gasteiger charge is 2.23. The number of benzene rings is 2. The van der Waals surface area contributed by atoms with E-state index in [9.17, 15) is 15.3 Å². The molecule has 0 aliphatic heterocycles. The third-order valence-corrected chi connectivity index (χ3v) is 3.10. The zero-order valence-electron chi connectivity index (χ0n) is 11.0. The van der Waals surface area contributed by atoms with E-state index in [2.05, 4.69) is 0 Å². The molecule has 20 heavy (non-hydrogen) atoms. The average molecular weight is 270 g/mol. The van der Waals surface area contributed by atoms with Crippen LogP contribution in [0.1, 0.15) is 17.2 Å². The van der Waals surface area contributed by atoms with Crippen LogP contribution < -0.4 is 0 Å². The van der Waals surface area contributed by atoms with Gasteiger partial charge in [-0.2, -0.15) is 0 Å². The van der Waals surface area contributed by atoms with Crippen molar-refractivity contribution in [3.8, 4) is 0 Å². The van der Waals surface area contributed by atoms with Gasteiger partial charge in [-0.1, -0.05) is 72.8 Å². The van der Waals surface area contributed by atoms with Crippen LogP contribution in [0.5, 0.6) is 0 Å². The van der Waals surface area contributed by atoms with E-state index in [-0.39, 0.29) is 0 Å². The molecule has 0 amide bonds. The molecule has 0 bridgehead atoms. The second-order valence-corrected chi connectivity index (χ2v) is 4.61. The van der Waals surface area contributed by atoms with Crippen molar-refractivity contribution in [3.63, 3.8) is 0 Å². The summed E-state index contributed by atoms with van der Waals surface area (Å²) >= 11 is 0. The van der Waals surface area contributed by atoms with Crippen molar-refractivity contribution in [1.29, 1.82) is 0 Å². The van der Waals surface area contributed by atoms with Gasteiger partial charge >= 0.3 is 0 Å². The molecule has 2 aromatic rings. The van der Waals surface area contributed by atoms with E-state index in [1.807, 2.05) is 36.4 Å². The van der Waals surface area contributed by atoms with Crippen LogP contribution in [0.15, 0.2) is 66.7 Å². The van der Waals surface area contributed by atoms with Gasteiger partial charge < -0.3 is 15.3 Å². The first-order valence-electron chi connectivity index (χ1n) is 6.51. The molecule has 2 aromatic carbocycles. The number of aliphatic hydroxyl groups is 3. The fourth-order valence-electron chi connectivity index (χ4n) is 1.92. The van der Waals surface area contributed by atoms with E-state index in [0.29, 0.717) is 5.56 Å². The minimum Gasteiger partial charge on any atom is -0.387 e. The molecule has 0 saturated carbocycles. The van der Waals surface area contributed by atoms with E-state index in [4.69, 9.17) is 0 Å². The fourth-order valence-corrected chi connectivity index (χ4v) is 1.92. The fraction of sp³-hybridized carbons (Fsp3) is 0.176. The lowest BCUT2D eigenvalue weighted by molar-refractivity contribution is -0.0423. The molecular weight excluding hydrogens is 252 g/mol. The lowest BCUT2D eigenvalue weighted by Crippen LogP contribution is -2.30.